The molecule has 1 aliphatic heterocycles. The summed E-state index contributed by atoms with van der Waals surface area (Å²) in [6, 6.07) is 16.2. The van der Waals surface area contributed by atoms with Crippen LogP contribution in [0.15, 0.2) is 84.9 Å². The summed E-state index contributed by atoms with van der Waals surface area (Å²) >= 11 is 5.95. The highest BCUT2D eigenvalue weighted by atomic mass is 35.5. The van der Waals surface area contributed by atoms with Gasteiger partial charge in [-0.05, 0) is 73.5 Å². The van der Waals surface area contributed by atoms with E-state index in [4.69, 9.17) is 16.3 Å². The fourth-order valence-corrected chi connectivity index (χ4v) is 4.94. The van der Waals surface area contributed by atoms with Crippen molar-refractivity contribution in [3.05, 3.63) is 117 Å². The molecule has 0 aromatic heterocycles. The predicted octanol–water partition coefficient (Wildman–Crippen LogP) is 4.66. The number of hydrogen-bond acceptors (Lipinski definition) is 8. The first-order valence-corrected chi connectivity index (χ1v) is 13.2. The van der Waals surface area contributed by atoms with Crippen LogP contribution in [0.2, 0.25) is 5.02 Å². The summed E-state index contributed by atoms with van der Waals surface area (Å²) in [4.78, 5) is 76.1. The smallest absolute Gasteiger partial charge is 0.343 e. The maximum Gasteiger partial charge on any atom is 0.343 e. The molecule has 12 heteroatoms. The molecule has 42 heavy (non-hydrogen) atoms. The van der Waals surface area contributed by atoms with Crippen LogP contribution >= 0.6 is 11.6 Å². The molecule has 0 N–H and O–H groups in total. The van der Waals surface area contributed by atoms with Gasteiger partial charge in [-0.1, -0.05) is 23.8 Å². The second-order valence-electron chi connectivity index (χ2n) is 9.65. The van der Waals surface area contributed by atoms with E-state index in [9.17, 15) is 34.1 Å². The molecular formula is C30H22ClN3O8. The van der Waals surface area contributed by atoms with E-state index in [1.165, 1.54) is 72.8 Å². The highest BCUT2D eigenvalue weighted by molar-refractivity contribution is 6.30. The van der Waals surface area contributed by atoms with E-state index >= 15 is 0 Å². The molecule has 0 unspecified atom stereocenters. The zero-order valence-corrected chi connectivity index (χ0v) is 22.6. The molecule has 2 aliphatic rings. The Morgan fingerprint density at radius 3 is 1.90 bits per heavy atom. The van der Waals surface area contributed by atoms with Gasteiger partial charge in [0.25, 0.3) is 23.4 Å². The first-order chi connectivity index (χ1) is 20.1. The number of carbonyl (C=O) groups is 5. The van der Waals surface area contributed by atoms with Crippen molar-refractivity contribution < 1.29 is 33.6 Å². The number of carbonyl (C=O) groups excluding carboxylic acids is 5. The number of ketones is 1. The molecule has 3 aromatic carbocycles. The van der Waals surface area contributed by atoms with Crippen molar-refractivity contribution in [1.82, 2.24) is 10.0 Å². The van der Waals surface area contributed by atoms with Gasteiger partial charge in [-0.25, -0.2) is 9.80 Å². The van der Waals surface area contributed by atoms with Crippen LogP contribution in [0.5, 0.6) is 5.75 Å². The van der Waals surface area contributed by atoms with Crippen molar-refractivity contribution in [2.24, 2.45) is 11.8 Å². The lowest BCUT2D eigenvalue weighted by Gasteiger charge is -2.30. The van der Waals surface area contributed by atoms with Crippen molar-refractivity contribution in [3.63, 3.8) is 0 Å². The highest BCUT2D eigenvalue weighted by Gasteiger charge is 2.51. The summed E-state index contributed by atoms with van der Waals surface area (Å²) in [5.74, 6) is -4.25. The molecule has 1 fully saturated rings. The first kappa shape index (κ1) is 28.4. The number of ether oxygens (including phenoxy) is 1. The number of benzene rings is 3. The summed E-state index contributed by atoms with van der Waals surface area (Å²) in [7, 11) is 0. The number of non-ortho nitro benzene ring substituents is 1. The topological polar surface area (TPSA) is 144 Å². The van der Waals surface area contributed by atoms with Gasteiger partial charge >= 0.3 is 5.97 Å². The first-order valence-electron chi connectivity index (χ1n) is 12.8. The number of allylic oxidation sites excluding steroid dienone is 2. The number of hydrogen-bond donors (Lipinski definition) is 0. The number of nitro benzene ring substituents is 1. The number of imide groups is 1. The van der Waals surface area contributed by atoms with E-state index in [1.54, 1.807) is 0 Å². The minimum Gasteiger partial charge on any atom is -0.423 e. The number of rotatable bonds is 8. The maximum absolute atomic E-state index is 13.5. The summed E-state index contributed by atoms with van der Waals surface area (Å²) in [5, 5.41) is 12.9. The minimum absolute atomic E-state index is 0.0906. The highest BCUT2D eigenvalue weighted by Crippen LogP contribution is 2.36. The molecule has 0 saturated carbocycles. The molecule has 3 aromatic rings. The predicted molar refractivity (Wildman–Crippen MR) is 149 cm³/mol. The molecule has 11 nitrogen and oxygen atoms in total. The van der Waals surface area contributed by atoms with Gasteiger partial charge in [0.15, 0.2) is 5.78 Å². The number of esters is 1. The fourth-order valence-electron chi connectivity index (χ4n) is 4.82. The van der Waals surface area contributed by atoms with Crippen LogP contribution in [0.4, 0.5) is 5.69 Å². The third-order valence-electron chi connectivity index (χ3n) is 7.05. The monoisotopic (exact) mass is 587 g/mol. The van der Waals surface area contributed by atoms with Crippen LogP contribution in [0.1, 0.15) is 43.9 Å². The van der Waals surface area contributed by atoms with Crippen molar-refractivity contribution in [2.75, 3.05) is 6.54 Å². The van der Waals surface area contributed by atoms with Gasteiger partial charge in [0, 0.05) is 28.3 Å². The van der Waals surface area contributed by atoms with Gasteiger partial charge in [-0.2, -0.15) is 5.01 Å². The third-order valence-corrected chi connectivity index (χ3v) is 7.30. The van der Waals surface area contributed by atoms with Crippen LogP contribution in [0.3, 0.4) is 0 Å². The minimum atomic E-state index is -0.759. The van der Waals surface area contributed by atoms with Crippen molar-refractivity contribution in [3.8, 4) is 5.75 Å². The Bertz CT molecular complexity index is 1590. The molecule has 1 saturated heterocycles. The lowest BCUT2D eigenvalue weighted by Crippen LogP contribution is -2.52. The van der Waals surface area contributed by atoms with E-state index in [0.29, 0.717) is 17.9 Å². The number of nitro groups is 1. The van der Waals surface area contributed by atoms with Gasteiger partial charge in [0.2, 0.25) is 0 Å². The molecule has 0 spiro atoms. The number of nitrogens with zero attached hydrogens (tertiary/aromatic N) is 3. The fraction of sp³-hybridized carbons (Fsp3) is 0.167. The van der Waals surface area contributed by atoms with Crippen LogP contribution < -0.4 is 4.74 Å². The average Bonchev–Trinajstić information content (AvgIpc) is 3.25. The Labute approximate surface area is 244 Å². The molecule has 1 heterocycles. The molecular weight excluding hydrogens is 566 g/mol. The van der Waals surface area contributed by atoms with Gasteiger partial charge in [-0.15, -0.1) is 0 Å². The third kappa shape index (κ3) is 5.68. The van der Waals surface area contributed by atoms with E-state index in [1.807, 2.05) is 12.2 Å². The van der Waals surface area contributed by atoms with Gasteiger partial charge in [0.05, 0.1) is 22.3 Å². The maximum atomic E-state index is 13.5. The van der Waals surface area contributed by atoms with Crippen LogP contribution in [0, 0.1) is 22.0 Å². The summed E-state index contributed by atoms with van der Waals surface area (Å²) in [6.07, 6.45) is 4.37. The second kappa shape index (κ2) is 11.8. The molecule has 0 bridgehead atoms. The van der Waals surface area contributed by atoms with Crippen LogP contribution in [-0.4, -0.2) is 51.0 Å². The van der Waals surface area contributed by atoms with Crippen LogP contribution in [-0.2, 0) is 9.59 Å². The normalized spacial score (nSPS) is 17.5. The lowest BCUT2D eigenvalue weighted by atomic mass is 9.85. The van der Waals surface area contributed by atoms with Gasteiger partial charge in [0.1, 0.15) is 12.3 Å². The summed E-state index contributed by atoms with van der Waals surface area (Å²) in [5.41, 5.74) is 0.185. The lowest BCUT2D eigenvalue weighted by molar-refractivity contribution is -0.384. The molecule has 5 rings (SSSR count). The van der Waals surface area contributed by atoms with E-state index in [-0.39, 0.29) is 28.1 Å². The van der Waals surface area contributed by atoms with Crippen molar-refractivity contribution in [2.45, 2.75) is 12.8 Å². The second-order valence-corrected chi connectivity index (χ2v) is 10.1. The van der Waals surface area contributed by atoms with Crippen LogP contribution in [0.25, 0.3) is 0 Å². The molecule has 3 amide bonds. The van der Waals surface area contributed by atoms with E-state index in [0.717, 1.165) is 10.0 Å². The average molecular weight is 588 g/mol. The zero-order valence-electron chi connectivity index (χ0n) is 21.8. The molecule has 1 aliphatic carbocycles. The Hall–Kier alpha value is -5.16. The van der Waals surface area contributed by atoms with E-state index < -0.39 is 52.8 Å². The Kier molecular flexibility index (Phi) is 7.94. The number of hydrazine groups is 1. The van der Waals surface area contributed by atoms with Crippen molar-refractivity contribution >= 4 is 46.8 Å². The molecule has 2 atom stereocenters. The summed E-state index contributed by atoms with van der Waals surface area (Å²) < 4.78 is 5.29. The number of fused-ring (bicyclic) bond motifs is 1. The Morgan fingerprint density at radius 1 is 0.833 bits per heavy atom. The SMILES string of the molecule is O=C(CN(C(=O)c1ccc(Cl)cc1)N1C(=O)[C@H]2CC=CC[C@H]2C1=O)c1ccc(OC(=O)c2ccc([N+](=O)[O-])cc2)cc1. The van der Waals surface area contributed by atoms with E-state index in [2.05, 4.69) is 0 Å². The zero-order chi connectivity index (χ0) is 30.0. The van der Waals surface area contributed by atoms with Gasteiger partial charge < -0.3 is 4.74 Å². The van der Waals surface area contributed by atoms with Crippen molar-refractivity contribution in [1.29, 1.82) is 0 Å². The quantitative estimate of drug-likeness (QED) is 0.0704. The standard InChI is InChI=1S/C30H22ClN3O8/c31-21-11-5-19(6-12-21)27(36)32(33-28(37)24-3-1-2-4-25(24)29(33)38)17-26(35)18-9-15-23(16-10-18)42-30(39)20-7-13-22(14-8-20)34(40)41/h1-2,5-16,24-25H,3-4,17H2/t24-,25+. The van der Waals surface area contributed by atoms with Gasteiger partial charge in [-0.3, -0.25) is 29.3 Å². The summed E-state index contributed by atoms with van der Waals surface area (Å²) in [6.45, 7) is -0.603. The number of amides is 3. The largest absolute Gasteiger partial charge is 0.423 e. The number of halogens is 1. The Balaban J connectivity index is 1.34. The Morgan fingerprint density at radius 2 is 1.36 bits per heavy atom. The molecule has 0 radical (unpaired) electrons. The molecule has 212 valence electrons. The number of Topliss-reactive ketones (excluding diaryl/α,β-unsaturated/α-hetero) is 1.